The first-order chi connectivity index (χ1) is 20.5. The Morgan fingerprint density at radius 1 is 0.953 bits per heavy atom. The second kappa shape index (κ2) is 12.4. The Morgan fingerprint density at radius 3 is 2.21 bits per heavy atom. The van der Waals surface area contributed by atoms with Crippen LogP contribution < -0.4 is 24.6 Å². The van der Waals surface area contributed by atoms with E-state index in [9.17, 15) is 18.4 Å². The van der Waals surface area contributed by atoms with Gasteiger partial charge in [0, 0.05) is 61.9 Å². The van der Waals surface area contributed by atoms with E-state index in [1.165, 1.54) is 31.4 Å². The van der Waals surface area contributed by atoms with E-state index in [-0.39, 0.29) is 22.9 Å². The molecule has 14 heteroatoms. The van der Waals surface area contributed by atoms with Gasteiger partial charge in [0.15, 0.2) is 11.6 Å². The molecule has 2 aliphatic heterocycles. The predicted molar refractivity (Wildman–Crippen MR) is 146 cm³/mol. The molecule has 228 valence electrons. The molecule has 0 bridgehead atoms. The third kappa shape index (κ3) is 6.33. The average Bonchev–Trinajstić information content (AvgIpc) is 3.28. The fourth-order valence-corrected chi connectivity index (χ4v) is 5.21. The maximum Gasteiger partial charge on any atom is 0.387 e. The maximum atomic E-state index is 15.3. The predicted octanol–water partition coefficient (Wildman–Crippen LogP) is 3.79. The molecule has 3 heterocycles. The summed E-state index contributed by atoms with van der Waals surface area (Å²) in [5, 5.41) is 2.49. The summed E-state index contributed by atoms with van der Waals surface area (Å²) in [6, 6.07) is 7.66. The molecule has 1 aromatic heterocycles. The van der Waals surface area contributed by atoms with E-state index >= 15 is 13.2 Å². The molecule has 9 nitrogen and oxygen atoms in total. The van der Waals surface area contributed by atoms with Crippen LogP contribution in [0.25, 0.3) is 0 Å². The van der Waals surface area contributed by atoms with E-state index in [1.807, 2.05) is 11.9 Å². The van der Waals surface area contributed by atoms with Crippen LogP contribution in [0.15, 0.2) is 48.5 Å². The van der Waals surface area contributed by atoms with E-state index in [1.54, 1.807) is 0 Å². The molecular formula is C29H28F5N5O4. The van der Waals surface area contributed by atoms with Crippen LogP contribution in [0.5, 0.6) is 11.5 Å². The number of hydrogen-bond donors (Lipinski definition) is 1. The van der Waals surface area contributed by atoms with Gasteiger partial charge < -0.3 is 24.6 Å². The van der Waals surface area contributed by atoms with Crippen LogP contribution in [0, 0.1) is 17.5 Å². The van der Waals surface area contributed by atoms with Gasteiger partial charge in [0.25, 0.3) is 11.8 Å². The number of carbonyl (C=O) groups is 2. The van der Waals surface area contributed by atoms with E-state index in [0.717, 1.165) is 42.3 Å². The number of likely N-dealkylation sites (N-methyl/N-ethyl adjacent to an activating group) is 1. The number of aromatic nitrogens is 1. The smallest absolute Gasteiger partial charge is 0.387 e. The van der Waals surface area contributed by atoms with Crippen LogP contribution in [0.2, 0.25) is 0 Å². The minimum Gasteiger partial charge on any atom is -0.497 e. The molecular weight excluding hydrogens is 577 g/mol. The highest BCUT2D eigenvalue weighted by Gasteiger charge is 2.46. The van der Waals surface area contributed by atoms with Crippen molar-refractivity contribution in [3.8, 4) is 11.5 Å². The van der Waals surface area contributed by atoms with E-state index < -0.39 is 59.9 Å². The zero-order valence-corrected chi connectivity index (χ0v) is 23.2. The number of nitrogens with one attached hydrogen (secondary N) is 1. The molecule has 1 N–H and O–H groups in total. The van der Waals surface area contributed by atoms with Crippen LogP contribution in [0.1, 0.15) is 21.8 Å². The SMILES string of the molecule is COc1cc(F)c([C@@H]2CN(c3nc(N4CCN(C)CC4)ccc3F)C(=O)[C@H]2NC(=O)c2ccc(OC(F)F)cc2)c(F)c1. The van der Waals surface area contributed by atoms with Crippen molar-refractivity contribution in [3.63, 3.8) is 0 Å². The second-order valence-electron chi connectivity index (χ2n) is 10.2. The van der Waals surface area contributed by atoms with E-state index in [4.69, 9.17) is 4.74 Å². The number of methoxy groups -OCH3 is 1. The molecule has 0 aliphatic carbocycles. The number of piperazine rings is 1. The number of anilines is 2. The first kappa shape index (κ1) is 30.0. The van der Waals surface area contributed by atoms with Crippen molar-refractivity contribution in [2.24, 2.45) is 0 Å². The van der Waals surface area contributed by atoms with Gasteiger partial charge in [-0.05, 0) is 43.4 Å². The first-order valence-corrected chi connectivity index (χ1v) is 13.4. The molecule has 0 unspecified atom stereocenters. The lowest BCUT2D eigenvalue weighted by Gasteiger charge is -2.33. The Labute approximate surface area is 243 Å². The Kier molecular flexibility index (Phi) is 8.67. The molecule has 0 radical (unpaired) electrons. The molecule has 0 saturated carbocycles. The maximum absolute atomic E-state index is 15.3. The van der Waals surface area contributed by atoms with Gasteiger partial charge in [-0.3, -0.25) is 14.5 Å². The number of nitrogens with zero attached hydrogens (tertiary/aromatic N) is 4. The fourth-order valence-electron chi connectivity index (χ4n) is 5.21. The topological polar surface area (TPSA) is 87.2 Å². The molecule has 2 amide bonds. The standard InChI is InChI=1S/C29H28F5N5O4/c1-37-9-11-38(12-10-37)23-8-7-20(30)26(35-23)39-15-19(24-21(31)13-18(42-2)14-22(24)32)25(28(39)41)36-27(40)16-3-5-17(6-4-16)43-29(33)34/h3-8,13-14,19,25,29H,9-12,15H2,1-2H3,(H,36,40)/t19-,25-/m0/s1. The van der Waals surface area contributed by atoms with Crippen molar-refractivity contribution in [3.05, 3.63) is 77.1 Å². The number of amides is 2. The van der Waals surface area contributed by atoms with Crippen LogP contribution >= 0.6 is 0 Å². The molecule has 2 saturated heterocycles. The highest BCUT2D eigenvalue weighted by molar-refractivity contribution is 6.04. The molecule has 3 aromatic rings. The van der Waals surface area contributed by atoms with Gasteiger partial charge in [-0.1, -0.05) is 0 Å². The number of halogens is 5. The summed E-state index contributed by atoms with van der Waals surface area (Å²) in [6.45, 7) is -0.737. The third-order valence-corrected chi connectivity index (χ3v) is 7.50. The normalized spacial score (nSPS) is 19.2. The van der Waals surface area contributed by atoms with Gasteiger partial charge in [-0.25, -0.2) is 18.2 Å². The molecule has 2 aromatic carbocycles. The highest BCUT2D eigenvalue weighted by Crippen LogP contribution is 2.37. The van der Waals surface area contributed by atoms with Crippen molar-refractivity contribution in [2.45, 2.75) is 18.6 Å². The van der Waals surface area contributed by atoms with Gasteiger partial charge in [0.1, 0.15) is 35.0 Å². The van der Waals surface area contributed by atoms with E-state index in [2.05, 4.69) is 19.9 Å². The largest absolute Gasteiger partial charge is 0.497 e. The number of rotatable bonds is 8. The molecule has 2 atom stereocenters. The summed E-state index contributed by atoms with van der Waals surface area (Å²) in [4.78, 5) is 36.3. The summed E-state index contributed by atoms with van der Waals surface area (Å²) < 4.78 is 80.0. The van der Waals surface area contributed by atoms with Crippen LogP contribution in [0.4, 0.5) is 33.6 Å². The fraction of sp³-hybridized carbons (Fsp3) is 0.345. The van der Waals surface area contributed by atoms with Gasteiger partial charge in [0.2, 0.25) is 0 Å². The first-order valence-electron chi connectivity index (χ1n) is 13.4. The Bertz CT molecular complexity index is 1480. The van der Waals surface area contributed by atoms with Crippen molar-refractivity contribution < 1.29 is 41.0 Å². The second-order valence-corrected chi connectivity index (χ2v) is 10.2. The zero-order valence-electron chi connectivity index (χ0n) is 23.2. The number of alkyl halides is 2. The number of benzene rings is 2. The van der Waals surface area contributed by atoms with Crippen LogP contribution in [-0.4, -0.2) is 81.2 Å². The van der Waals surface area contributed by atoms with Gasteiger partial charge >= 0.3 is 6.61 Å². The minimum atomic E-state index is -3.07. The Morgan fingerprint density at radius 2 is 1.60 bits per heavy atom. The minimum absolute atomic E-state index is 0.0383. The Balaban J connectivity index is 1.49. The molecule has 43 heavy (non-hydrogen) atoms. The summed E-state index contributed by atoms with van der Waals surface area (Å²) in [6.07, 6.45) is 0. The van der Waals surface area contributed by atoms with Crippen molar-refractivity contribution in [2.75, 3.05) is 56.7 Å². The van der Waals surface area contributed by atoms with Crippen molar-refractivity contribution in [1.29, 1.82) is 0 Å². The molecule has 5 rings (SSSR count). The summed E-state index contributed by atoms with van der Waals surface area (Å²) in [5.74, 6) is -6.06. The number of pyridine rings is 1. The number of hydrogen-bond acceptors (Lipinski definition) is 7. The van der Waals surface area contributed by atoms with Gasteiger partial charge in [-0.15, -0.1) is 0 Å². The van der Waals surface area contributed by atoms with Crippen LogP contribution in [0.3, 0.4) is 0 Å². The Hall–Kier alpha value is -4.46. The zero-order chi connectivity index (χ0) is 30.8. The molecule has 2 fully saturated rings. The summed E-state index contributed by atoms with van der Waals surface area (Å²) in [5.41, 5.74) is -0.540. The summed E-state index contributed by atoms with van der Waals surface area (Å²) >= 11 is 0. The molecule has 2 aliphatic rings. The third-order valence-electron chi connectivity index (χ3n) is 7.50. The number of ether oxygens (including phenoxy) is 2. The van der Waals surface area contributed by atoms with E-state index in [0.29, 0.717) is 18.9 Å². The van der Waals surface area contributed by atoms with Crippen molar-refractivity contribution in [1.82, 2.24) is 15.2 Å². The molecule has 0 spiro atoms. The van der Waals surface area contributed by atoms with Crippen molar-refractivity contribution >= 4 is 23.5 Å². The lowest BCUT2D eigenvalue weighted by atomic mass is 9.92. The quantitative estimate of drug-likeness (QED) is 0.391. The van der Waals surface area contributed by atoms with Gasteiger partial charge in [0.05, 0.1) is 7.11 Å². The van der Waals surface area contributed by atoms with Gasteiger partial charge in [-0.2, -0.15) is 8.78 Å². The van der Waals surface area contributed by atoms with Crippen LogP contribution in [-0.2, 0) is 4.79 Å². The summed E-state index contributed by atoms with van der Waals surface area (Å²) in [7, 11) is 3.21. The lowest BCUT2D eigenvalue weighted by Crippen LogP contribution is -2.45. The average molecular weight is 606 g/mol. The monoisotopic (exact) mass is 605 g/mol. The highest BCUT2D eigenvalue weighted by atomic mass is 19.3. The number of carbonyl (C=O) groups excluding carboxylic acids is 2. The lowest BCUT2D eigenvalue weighted by molar-refractivity contribution is -0.118.